The maximum Gasteiger partial charge on any atom is 0.319 e. The molecule has 2 rings (SSSR count). The normalized spacial score (nSPS) is 26.7. The third-order valence-corrected chi connectivity index (χ3v) is 3.66. The fraction of sp³-hybridized carbons (Fsp3) is 0.917. The number of amides is 2. The lowest BCUT2D eigenvalue weighted by atomic mass is 9.95. The van der Waals surface area contributed by atoms with Crippen molar-refractivity contribution in [1.82, 2.24) is 10.2 Å². The molecular weight excluding hydrogens is 204 g/mol. The van der Waals surface area contributed by atoms with E-state index in [4.69, 9.17) is 4.74 Å². The van der Waals surface area contributed by atoms with Gasteiger partial charge in [-0.15, -0.1) is 0 Å². The van der Waals surface area contributed by atoms with Gasteiger partial charge in [-0.2, -0.15) is 0 Å². The quantitative estimate of drug-likeness (QED) is 0.783. The van der Waals surface area contributed by atoms with E-state index in [9.17, 15) is 4.79 Å². The maximum atomic E-state index is 11.9. The summed E-state index contributed by atoms with van der Waals surface area (Å²) in [6, 6.07) is 0.453. The predicted octanol–water partition coefficient (Wildman–Crippen LogP) is 2.10. The first kappa shape index (κ1) is 11.7. The molecule has 1 unspecified atom stereocenters. The Morgan fingerprint density at radius 1 is 1.19 bits per heavy atom. The van der Waals surface area contributed by atoms with Crippen molar-refractivity contribution >= 4 is 6.03 Å². The molecular formula is C12H22N2O2. The van der Waals surface area contributed by atoms with Crippen molar-refractivity contribution in [3.63, 3.8) is 0 Å². The van der Waals surface area contributed by atoms with E-state index >= 15 is 0 Å². The Morgan fingerprint density at radius 2 is 1.94 bits per heavy atom. The average Bonchev–Trinajstić information content (AvgIpc) is 2.82. The lowest BCUT2D eigenvalue weighted by Crippen LogP contribution is -2.47. The topological polar surface area (TPSA) is 41.6 Å². The van der Waals surface area contributed by atoms with Crippen molar-refractivity contribution < 1.29 is 9.53 Å². The van der Waals surface area contributed by atoms with E-state index in [2.05, 4.69) is 5.32 Å². The number of hydrogen-bond acceptors (Lipinski definition) is 2. The standard InChI is InChI=1S/C12H22N2O2/c1-14(10-6-3-2-4-7-10)12(15)13-11-8-5-9-16-11/h10-11H,2-9H2,1H3,(H,13,15). The van der Waals surface area contributed by atoms with Crippen LogP contribution in [0.3, 0.4) is 0 Å². The molecule has 1 heterocycles. The summed E-state index contributed by atoms with van der Waals surface area (Å²) in [6.45, 7) is 0.776. The van der Waals surface area contributed by atoms with Crippen LogP contribution in [0.4, 0.5) is 4.79 Å². The zero-order valence-corrected chi connectivity index (χ0v) is 10.1. The molecule has 92 valence electrons. The van der Waals surface area contributed by atoms with Crippen molar-refractivity contribution in [2.24, 2.45) is 0 Å². The molecule has 0 aromatic carbocycles. The summed E-state index contributed by atoms with van der Waals surface area (Å²) in [7, 11) is 1.90. The minimum Gasteiger partial charge on any atom is -0.358 e. The Labute approximate surface area is 97.3 Å². The number of ether oxygens (including phenoxy) is 1. The number of nitrogens with one attached hydrogen (secondary N) is 1. The van der Waals surface area contributed by atoms with Gasteiger partial charge in [0.15, 0.2) is 0 Å². The summed E-state index contributed by atoms with van der Waals surface area (Å²) in [4.78, 5) is 13.8. The van der Waals surface area contributed by atoms with E-state index in [-0.39, 0.29) is 12.3 Å². The van der Waals surface area contributed by atoms with Gasteiger partial charge in [-0.25, -0.2) is 4.79 Å². The number of carbonyl (C=O) groups excluding carboxylic acids is 1. The second-order valence-electron chi connectivity index (χ2n) is 4.85. The highest BCUT2D eigenvalue weighted by molar-refractivity contribution is 5.74. The van der Waals surface area contributed by atoms with E-state index < -0.39 is 0 Å². The Balaban J connectivity index is 1.78. The van der Waals surface area contributed by atoms with E-state index in [1.54, 1.807) is 0 Å². The zero-order chi connectivity index (χ0) is 11.4. The van der Waals surface area contributed by atoms with Crippen LogP contribution >= 0.6 is 0 Å². The maximum absolute atomic E-state index is 11.9. The fourth-order valence-electron chi connectivity index (χ4n) is 2.57. The highest BCUT2D eigenvalue weighted by Crippen LogP contribution is 2.21. The van der Waals surface area contributed by atoms with E-state index in [1.165, 1.54) is 19.3 Å². The van der Waals surface area contributed by atoms with Gasteiger partial charge in [0.1, 0.15) is 6.23 Å². The van der Waals surface area contributed by atoms with Crippen LogP contribution in [0, 0.1) is 0 Å². The van der Waals surface area contributed by atoms with Crippen molar-refractivity contribution in [2.45, 2.75) is 57.2 Å². The number of hydrogen-bond donors (Lipinski definition) is 1. The van der Waals surface area contributed by atoms with Gasteiger partial charge in [0.25, 0.3) is 0 Å². The Hall–Kier alpha value is -0.770. The Bertz CT molecular complexity index is 233. The first-order valence-electron chi connectivity index (χ1n) is 6.42. The lowest BCUT2D eigenvalue weighted by Gasteiger charge is -2.32. The molecule has 0 bridgehead atoms. The molecule has 2 fully saturated rings. The van der Waals surface area contributed by atoms with Gasteiger partial charge in [-0.1, -0.05) is 19.3 Å². The first-order chi connectivity index (χ1) is 7.77. The van der Waals surface area contributed by atoms with Crippen LogP contribution in [-0.2, 0) is 4.74 Å². The van der Waals surface area contributed by atoms with Crippen molar-refractivity contribution in [3.8, 4) is 0 Å². The number of nitrogens with zero attached hydrogens (tertiary/aromatic N) is 1. The minimum atomic E-state index is -0.0569. The van der Waals surface area contributed by atoms with E-state index in [0.29, 0.717) is 6.04 Å². The third kappa shape index (κ3) is 2.88. The molecule has 0 spiro atoms. The first-order valence-corrected chi connectivity index (χ1v) is 6.42. The molecule has 1 aliphatic carbocycles. The molecule has 0 aromatic rings. The lowest BCUT2D eigenvalue weighted by molar-refractivity contribution is 0.0807. The monoisotopic (exact) mass is 226 g/mol. The average molecular weight is 226 g/mol. The van der Waals surface area contributed by atoms with Crippen LogP contribution in [0.25, 0.3) is 0 Å². The summed E-state index contributed by atoms with van der Waals surface area (Å²) in [5.74, 6) is 0. The number of urea groups is 1. The van der Waals surface area contributed by atoms with Gasteiger partial charge < -0.3 is 15.0 Å². The molecule has 1 saturated carbocycles. The molecule has 1 aliphatic heterocycles. The summed E-state index contributed by atoms with van der Waals surface area (Å²) >= 11 is 0. The van der Waals surface area contributed by atoms with E-state index in [0.717, 1.165) is 32.3 Å². The highest BCUT2D eigenvalue weighted by atomic mass is 16.5. The largest absolute Gasteiger partial charge is 0.358 e. The molecule has 0 aromatic heterocycles. The van der Waals surface area contributed by atoms with Gasteiger partial charge >= 0.3 is 6.03 Å². The molecule has 4 heteroatoms. The summed E-state index contributed by atoms with van der Waals surface area (Å²) in [6.07, 6.45) is 8.06. The van der Waals surface area contributed by atoms with Crippen LogP contribution < -0.4 is 5.32 Å². The molecule has 1 saturated heterocycles. The van der Waals surface area contributed by atoms with Crippen LogP contribution in [0.5, 0.6) is 0 Å². The van der Waals surface area contributed by atoms with Crippen molar-refractivity contribution in [1.29, 1.82) is 0 Å². The van der Waals surface area contributed by atoms with Crippen molar-refractivity contribution in [3.05, 3.63) is 0 Å². The van der Waals surface area contributed by atoms with Crippen molar-refractivity contribution in [2.75, 3.05) is 13.7 Å². The van der Waals surface area contributed by atoms with E-state index in [1.807, 2.05) is 11.9 Å². The fourth-order valence-corrected chi connectivity index (χ4v) is 2.57. The number of carbonyl (C=O) groups is 1. The predicted molar refractivity (Wildman–Crippen MR) is 62.1 cm³/mol. The molecule has 0 radical (unpaired) electrons. The van der Waals surface area contributed by atoms with Crippen LogP contribution in [0.15, 0.2) is 0 Å². The molecule has 16 heavy (non-hydrogen) atoms. The van der Waals surface area contributed by atoms with Gasteiger partial charge in [0.05, 0.1) is 0 Å². The Morgan fingerprint density at radius 3 is 2.56 bits per heavy atom. The SMILES string of the molecule is CN(C(=O)NC1CCCO1)C1CCCCC1. The summed E-state index contributed by atoms with van der Waals surface area (Å²) < 4.78 is 5.40. The van der Waals surface area contributed by atoms with Crippen LogP contribution in [-0.4, -0.2) is 36.9 Å². The van der Waals surface area contributed by atoms with Crippen LogP contribution in [0.1, 0.15) is 44.9 Å². The van der Waals surface area contributed by atoms with Gasteiger partial charge in [-0.05, 0) is 25.7 Å². The van der Waals surface area contributed by atoms with Gasteiger partial charge in [0.2, 0.25) is 0 Å². The number of rotatable bonds is 2. The van der Waals surface area contributed by atoms with Crippen LogP contribution in [0.2, 0.25) is 0 Å². The highest BCUT2D eigenvalue weighted by Gasteiger charge is 2.25. The molecule has 2 aliphatic rings. The molecule has 1 N–H and O–H groups in total. The molecule has 2 amide bonds. The summed E-state index contributed by atoms with van der Waals surface area (Å²) in [5.41, 5.74) is 0. The zero-order valence-electron chi connectivity index (χ0n) is 10.1. The second kappa shape index (κ2) is 5.53. The minimum absolute atomic E-state index is 0.0267. The Kier molecular flexibility index (Phi) is 4.04. The third-order valence-electron chi connectivity index (χ3n) is 3.66. The second-order valence-corrected chi connectivity index (χ2v) is 4.85. The smallest absolute Gasteiger partial charge is 0.319 e. The molecule has 1 atom stereocenters. The molecule has 4 nitrogen and oxygen atoms in total. The van der Waals surface area contributed by atoms with Gasteiger partial charge in [-0.3, -0.25) is 0 Å². The van der Waals surface area contributed by atoms with Gasteiger partial charge in [0, 0.05) is 19.7 Å². The summed E-state index contributed by atoms with van der Waals surface area (Å²) in [5, 5.41) is 2.94.